The minimum atomic E-state index is -0.615. The molecular formula is C27H26FN3O2. The molecule has 0 saturated carbocycles. The quantitative estimate of drug-likeness (QED) is 0.592. The Hall–Kier alpha value is -3.51. The molecule has 0 unspecified atom stereocenters. The highest BCUT2D eigenvalue weighted by molar-refractivity contribution is 6.04. The van der Waals surface area contributed by atoms with Gasteiger partial charge in [0.05, 0.1) is 11.8 Å². The fourth-order valence-electron chi connectivity index (χ4n) is 4.61. The van der Waals surface area contributed by atoms with Crippen LogP contribution in [0.3, 0.4) is 0 Å². The van der Waals surface area contributed by atoms with E-state index in [0.29, 0.717) is 25.2 Å². The van der Waals surface area contributed by atoms with Crippen molar-refractivity contribution in [2.24, 2.45) is 5.16 Å². The second-order valence-corrected chi connectivity index (χ2v) is 8.43. The molecule has 5 rings (SSSR count). The van der Waals surface area contributed by atoms with Crippen LogP contribution < -0.4 is 0 Å². The van der Waals surface area contributed by atoms with Crippen molar-refractivity contribution in [3.8, 4) is 0 Å². The van der Waals surface area contributed by atoms with E-state index in [-0.39, 0.29) is 17.8 Å². The monoisotopic (exact) mass is 443 g/mol. The summed E-state index contributed by atoms with van der Waals surface area (Å²) in [6.07, 6.45) is -0.211. The van der Waals surface area contributed by atoms with E-state index in [2.05, 4.69) is 58.6 Å². The Kier molecular flexibility index (Phi) is 6.17. The highest BCUT2D eigenvalue weighted by Gasteiger charge is 2.35. The zero-order valence-electron chi connectivity index (χ0n) is 18.3. The molecule has 1 saturated heterocycles. The van der Waals surface area contributed by atoms with E-state index < -0.39 is 6.10 Å². The largest absolute Gasteiger partial charge is 0.382 e. The number of carbonyl (C=O) groups is 1. The van der Waals surface area contributed by atoms with Gasteiger partial charge in [0.1, 0.15) is 5.82 Å². The van der Waals surface area contributed by atoms with Gasteiger partial charge >= 0.3 is 0 Å². The van der Waals surface area contributed by atoms with Crippen molar-refractivity contribution in [3.63, 3.8) is 0 Å². The highest BCUT2D eigenvalue weighted by Crippen LogP contribution is 2.30. The van der Waals surface area contributed by atoms with Crippen LogP contribution in [-0.4, -0.2) is 53.7 Å². The number of oxime groups is 1. The van der Waals surface area contributed by atoms with Gasteiger partial charge in [-0.1, -0.05) is 78.0 Å². The molecule has 3 aromatic carbocycles. The lowest BCUT2D eigenvalue weighted by Crippen LogP contribution is -2.52. The van der Waals surface area contributed by atoms with Gasteiger partial charge in [0.25, 0.3) is 5.91 Å². The Morgan fingerprint density at radius 2 is 1.42 bits per heavy atom. The smallest absolute Gasteiger partial charge is 0.266 e. The summed E-state index contributed by atoms with van der Waals surface area (Å²) in [4.78, 5) is 22.9. The third-order valence-electron chi connectivity index (χ3n) is 6.34. The normalized spacial score (nSPS) is 18.8. The third-order valence-corrected chi connectivity index (χ3v) is 6.34. The lowest BCUT2D eigenvalue weighted by molar-refractivity contribution is -0.144. The molecule has 5 nitrogen and oxygen atoms in total. The van der Waals surface area contributed by atoms with E-state index in [1.807, 2.05) is 17.0 Å². The third kappa shape index (κ3) is 4.66. The predicted molar refractivity (Wildman–Crippen MR) is 125 cm³/mol. The first-order valence-corrected chi connectivity index (χ1v) is 11.3. The summed E-state index contributed by atoms with van der Waals surface area (Å²) in [5.41, 5.74) is 3.96. The molecular weight excluding hydrogens is 417 g/mol. The molecule has 0 radical (unpaired) electrons. The minimum absolute atomic E-state index is 0.0357. The maximum Gasteiger partial charge on any atom is 0.266 e. The van der Waals surface area contributed by atoms with Crippen molar-refractivity contribution in [1.29, 1.82) is 0 Å². The van der Waals surface area contributed by atoms with Gasteiger partial charge in [-0.25, -0.2) is 4.39 Å². The van der Waals surface area contributed by atoms with Crippen LogP contribution >= 0.6 is 0 Å². The van der Waals surface area contributed by atoms with Crippen molar-refractivity contribution >= 4 is 11.6 Å². The molecule has 2 heterocycles. The SMILES string of the molecule is O=C([C@@H]1CC(c2ccc(F)cc2)=NO1)N1CCN(C(c2ccccc2)c2ccccc2)CC1. The van der Waals surface area contributed by atoms with Crippen molar-refractivity contribution in [2.45, 2.75) is 18.6 Å². The van der Waals surface area contributed by atoms with E-state index in [4.69, 9.17) is 4.84 Å². The minimum Gasteiger partial charge on any atom is -0.382 e. The standard InChI is InChI=1S/C27H26FN3O2/c28-23-13-11-20(12-14-23)24-19-25(33-29-24)27(32)31-17-15-30(16-18-31)26(21-7-3-1-4-8-21)22-9-5-2-6-10-22/h1-14,25-26H,15-19H2/t25-/m0/s1. The van der Waals surface area contributed by atoms with E-state index in [0.717, 1.165) is 18.7 Å². The molecule has 0 N–H and O–H groups in total. The van der Waals surface area contributed by atoms with E-state index in [1.165, 1.54) is 23.3 Å². The molecule has 3 aromatic rings. The lowest BCUT2D eigenvalue weighted by atomic mass is 9.96. The number of hydrogen-bond acceptors (Lipinski definition) is 4. The molecule has 0 aromatic heterocycles. The second kappa shape index (κ2) is 9.55. The van der Waals surface area contributed by atoms with E-state index in [1.54, 1.807) is 12.1 Å². The molecule has 1 atom stereocenters. The highest BCUT2D eigenvalue weighted by atomic mass is 19.1. The van der Waals surface area contributed by atoms with Crippen molar-refractivity contribution in [3.05, 3.63) is 107 Å². The fourth-order valence-corrected chi connectivity index (χ4v) is 4.61. The van der Waals surface area contributed by atoms with Crippen LogP contribution in [0.25, 0.3) is 0 Å². The van der Waals surface area contributed by atoms with Crippen LogP contribution in [0.2, 0.25) is 0 Å². The first-order valence-electron chi connectivity index (χ1n) is 11.3. The summed E-state index contributed by atoms with van der Waals surface area (Å²) in [5.74, 6) is -0.334. The van der Waals surface area contributed by atoms with Gasteiger partial charge in [0.2, 0.25) is 6.10 Å². The maximum absolute atomic E-state index is 13.2. The number of rotatable bonds is 5. The van der Waals surface area contributed by atoms with Gasteiger partial charge in [0.15, 0.2) is 0 Å². The lowest BCUT2D eigenvalue weighted by Gasteiger charge is -2.40. The van der Waals surface area contributed by atoms with Crippen molar-refractivity contribution < 1.29 is 14.0 Å². The molecule has 0 bridgehead atoms. The average molecular weight is 444 g/mol. The molecule has 1 amide bonds. The first kappa shape index (κ1) is 21.3. The number of carbonyl (C=O) groups excluding carboxylic acids is 1. The molecule has 0 aliphatic carbocycles. The first-order chi connectivity index (χ1) is 16.2. The molecule has 0 spiro atoms. The predicted octanol–water partition coefficient (Wildman–Crippen LogP) is 4.25. The van der Waals surface area contributed by atoms with Gasteiger partial charge in [0, 0.05) is 32.6 Å². The van der Waals surface area contributed by atoms with Gasteiger partial charge < -0.3 is 9.74 Å². The molecule has 33 heavy (non-hydrogen) atoms. The molecule has 1 fully saturated rings. The Labute approximate surface area is 193 Å². The summed E-state index contributed by atoms with van der Waals surface area (Å²) in [6, 6.07) is 27.3. The van der Waals surface area contributed by atoms with Crippen molar-refractivity contribution in [2.75, 3.05) is 26.2 Å². The van der Waals surface area contributed by atoms with Gasteiger partial charge in [-0.3, -0.25) is 9.69 Å². The molecule has 6 heteroatoms. The molecule has 2 aliphatic rings. The Bertz CT molecular complexity index is 1070. The van der Waals surface area contributed by atoms with Crippen LogP contribution in [-0.2, 0) is 9.63 Å². The zero-order valence-corrected chi connectivity index (χ0v) is 18.3. The summed E-state index contributed by atoms with van der Waals surface area (Å²) < 4.78 is 13.2. The maximum atomic E-state index is 13.2. The summed E-state index contributed by atoms with van der Waals surface area (Å²) in [5, 5.41) is 4.09. The summed E-state index contributed by atoms with van der Waals surface area (Å²) in [6.45, 7) is 2.83. The Balaban J connectivity index is 1.23. The van der Waals surface area contributed by atoms with Gasteiger partial charge in [-0.2, -0.15) is 0 Å². The summed E-state index contributed by atoms with van der Waals surface area (Å²) >= 11 is 0. The van der Waals surface area contributed by atoms with Crippen LogP contribution in [0.4, 0.5) is 4.39 Å². The van der Waals surface area contributed by atoms with Gasteiger partial charge in [-0.15, -0.1) is 0 Å². The molecule has 2 aliphatic heterocycles. The molecule has 168 valence electrons. The Morgan fingerprint density at radius 1 is 0.848 bits per heavy atom. The van der Waals surface area contributed by atoms with Crippen LogP contribution in [0.5, 0.6) is 0 Å². The zero-order chi connectivity index (χ0) is 22.6. The summed E-state index contributed by atoms with van der Waals surface area (Å²) in [7, 11) is 0. The number of piperazine rings is 1. The van der Waals surface area contributed by atoms with Crippen LogP contribution in [0.15, 0.2) is 90.1 Å². The van der Waals surface area contributed by atoms with Crippen LogP contribution in [0, 0.1) is 5.82 Å². The number of hydrogen-bond donors (Lipinski definition) is 0. The van der Waals surface area contributed by atoms with Crippen molar-refractivity contribution in [1.82, 2.24) is 9.80 Å². The Morgan fingerprint density at radius 3 is 2.00 bits per heavy atom. The van der Waals surface area contributed by atoms with Gasteiger partial charge in [-0.05, 0) is 28.8 Å². The van der Waals surface area contributed by atoms with E-state index in [9.17, 15) is 9.18 Å². The topological polar surface area (TPSA) is 45.1 Å². The average Bonchev–Trinajstić information content (AvgIpc) is 3.36. The van der Waals surface area contributed by atoms with E-state index >= 15 is 0 Å². The van der Waals surface area contributed by atoms with Crippen LogP contribution in [0.1, 0.15) is 29.2 Å². The number of halogens is 1. The number of benzene rings is 3. The fraction of sp³-hybridized carbons (Fsp3) is 0.259. The number of nitrogens with zero attached hydrogens (tertiary/aromatic N) is 3. The number of amides is 1. The second-order valence-electron chi connectivity index (χ2n) is 8.43.